The molecule has 0 spiro atoms. The summed E-state index contributed by atoms with van der Waals surface area (Å²) in [7, 11) is 2.96. The normalized spacial score (nSPS) is 12.1. The minimum absolute atomic E-state index is 0.167. The Morgan fingerprint density at radius 2 is 1.78 bits per heavy atom. The standard InChI is InChI=1S/C19H23NO7/c1-9(2)17(18(22)23)20-16(21)7-12-10(3)11-6-14(25-4)15(26-5)8-13(11)27-19(12)24/h6,8-9,17H,7H2,1-5H3,(H,20,21)(H,22,23)/t17-/m1/s1. The van der Waals surface area contributed by atoms with E-state index in [-0.39, 0.29) is 17.9 Å². The number of hydrogen-bond acceptors (Lipinski definition) is 6. The van der Waals surface area contributed by atoms with Crippen LogP contribution in [0.25, 0.3) is 11.0 Å². The second kappa shape index (κ2) is 8.11. The van der Waals surface area contributed by atoms with Gasteiger partial charge in [-0.3, -0.25) is 4.79 Å². The summed E-state index contributed by atoms with van der Waals surface area (Å²) in [6, 6.07) is 2.18. The van der Waals surface area contributed by atoms with E-state index in [1.807, 2.05) is 0 Å². The molecule has 2 aromatic rings. The van der Waals surface area contributed by atoms with Gasteiger partial charge >= 0.3 is 11.6 Å². The summed E-state index contributed by atoms with van der Waals surface area (Å²) in [5.41, 5.74) is 0.387. The summed E-state index contributed by atoms with van der Waals surface area (Å²) in [5, 5.41) is 12.2. The van der Waals surface area contributed by atoms with Crippen LogP contribution in [-0.4, -0.2) is 37.2 Å². The SMILES string of the molecule is COc1cc2oc(=O)c(CC(=O)N[C@@H](C(=O)O)C(C)C)c(C)c2cc1OC. The summed E-state index contributed by atoms with van der Waals surface area (Å²) >= 11 is 0. The third kappa shape index (κ3) is 4.21. The number of aliphatic carboxylic acids is 1. The van der Waals surface area contributed by atoms with Crippen LogP contribution in [0.5, 0.6) is 11.5 Å². The molecule has 0 aliphatic heterocycles. The van der Waals surface area contributed by atoms with Gasteiger partial charge in [0.05, 0.1) is 26.2 Å². The van der Waals surface area contributed by atoms with Crippen molar-refractivity contribution in [2.24, 2.45) is 5.92 Å². The average Bonchev–Trinajstić information content (AvgIpc) is 2.61. The van der Waals surface area contributed by atoms with E-state index in [2.05, 4.69) is 5.32 Å². The number of nitrogens with one attached hydrogen (secondary N) is 1. The molecule has 8 heteroatoms. The number of carboxylic acid groups (broad SMARTS) is 1. The summed E-state index contributed by atoms with van der Waals surface area (Å²) in [5.74, 6) is -1.11. The molecule has 2 N–H and O–H groups in total. The van der Waals surface area contributed by atoms with Gasteiger partial charge in [0.25, 0.3) is 0 Å². The van der Waals surface area contributed by atoms with Gasteiger partial charge in [0, 0.05) is 11.5 Å². The summed E-state index contributed by atoms with van der Waals surface area (Å²) in [4.78, 5) is 35.9. The Morgan fingerprint density at radius 3 is 2.30 bits per heavy atom. The van der Waals surface area contributed by atoms with Crippen LogP contribution in [0.15, 0.2) is 21.3 Å². The predicted octanol–water partition coefficient (Wildman–Crippen LogP) is 1.89. The lowest BCUT2D eigenvalue weighted by Crippen LogP contribution is -2.45. The number of ether oxygens (including phenoxy) is 2. The lowest BCUT2D eigenvalue weighted by molar-refractivity contribution is -0.143. The summed E-state index contributed by atoms with van der Waals surface area (Å²) in [6.45, 7) is 5.08. The molecule has 2 rings (SSSR count). The van der Waals surface area contributed by atoms with Gasteiger partial charge in [0.1, 0.15) is 11.6 Å². The molecule has 1 aromatic heterocycles. The molecular weight excluding hydrogens is 354 g/mol. The third-order valence-corrected chi connectivity index (χ3v) is 4.38. The number of carboxylic acids is 1. The van der Waals surface area contributed by atoms with Crippen LogP contribution in [0.3, 0.4) is 0 Å². The van der Waals surface area contributed by atoms with Crippen molar-refractivity contribution < 1.29 is 28.6 Å². The number of amides is 1. The lowest BCUT2D eigenvalue weighted by atomic mass is 10.0. The van der Waals surface area contributed by atoms with Crippen molar-refractivity contribution in [1.29, 1.82) is 0 Å². The highest BCUT2D eigenvalue weighted by molar-refractivity contribution is 5.88. The van der Waals surface area contributed by atoms with E-state index < -0.39 is 23.5 Å². The molecule has 1 aromatic carbocycles. The van der Waals surface area contributed by atoms with Crippen LogP contribution in [0, 0.1) is 12.8 Å². The zero-order chi connectivity index (χ0) is 20.3. The first-order valence-corrected chi connectivity index (χ1v) is 8.40. The number of methoxy groups -OCH3 is 2. The van der Waals surface area contributed by atoms with Crippen molar-refractivity contribution in [3.63, 3.8) is 0 Å². The van der Waals surface area contributed by atoms with E-state index in [0.29, 0.717) is 28.0 Å². The van der Waals surface area contributed by atoms with Crippen molar-refractivity contribution in [1.82, 2.24) is 5.32 Å². The third-order valence-electron chi connectivity index (χ3n) is 4.38. The second-order valence-electron chi connectivity index (χ2n) is 6.50. The number of rotatable bonds is 7. The van der Waals surface area contributed by atoms with Crippen LogP contribution in [0.4, 0.5) is 0 Å². The molecule has 0 aliphatic rings. The second-order valence-corrected chi connectivity index (χ2v) is 6.50. The molecule has 0 saturated carbocycles. The van der Waals surface area contributed by atoms with E-state index >= 15 is 0 Å². The zero-order valence-corrected chi connectivity index (χ0v) is 15.9. The highest BCUT2D eigenvalue weighted by Gasteiger charge is 2.25. The van der Waals surface area contributed by atoms with E-state index in [0.717, 1.165) is 0 Å². The fourth-order valence-electron chi connectivity index (χ4n) is 2.82. The average molecular weight is 377 g/mol. The lowest BCUT2D eigenvalue weighted by Gasteiger charge is -2.18. The highest BCUT2D eigenvalue weighted by Crippen LogP contribution is 2.33. The van der Waals surface area contributed by atoms with Crippen LogP contribution in [0.1, 0.15) is 25.0 Å². The Bertz CT molecular complexity index is 930. The van der Waals surface area contributed by atoms with E-state index in [1.54, 1.807) is 32.9 Å². The Morgan fingerprint density at radius 1 is 1.19 bits per heavy atom. The van der Waals surface area contributed by atoms with Gasteiger partial charge in [-0.05, 0) is 24.5 Å². The molecule has 8 nitrogen and oxygen atoms in total. The van der Waals surface area contributed by atoms with Crippen LogP contribution in [-0.2, 0) is 16.0 Å². The maximum atomic E-state index is 12.4. The van der Waals surface area contributed by atoms with Gasteiger partial charge in [-0.2, -0.15) is 0 Å². The van der Waals surface area contributed by atoms with Crippen LogP contribution >= 0.6 is 0 Å². The molecule has 1 heterocycles. The molecule has 1 amide bonds. The first-order chi connectivity index (χ1) is 12.7. The number of hydrogen-bond donors (Lipinski definition) is 2. The Kier molecular flexibility index (Phi) is 6.09. The first-order valence-electron chi connectivity index (χ1n) is 8.40. The van der Waals surface area contributed by atoms with E-state index in [4.69, 9.17) is 13.9 Å². The maximum Gasteiger partial charge on any atom is 0.340 e. The van der Waals surface area contributed by atoms with Gasteiger partial charge in [-0.15, -0.1) is 0 Å². The Balaban J connectivity index is 2.42. The predicted molar refractivity (Wildman–Crippen MR) is 98.4 cm³/mol. The minimum Gasteiger partial charge on any atom is -0.493 e. The fraction of sp³-hybridized carbons (Fsp3) is 0.421. The van der Waals surface area contributed by atoms with Gasteiger partial charge in [-0.25, -0.2) is 9.59 Å². The topological polar surface area (TPSA) is 115 Å². The molecule has 0 bridgehead atoms. The van der Waals surface area contributed by atoms with Crippen molar-refractivity contribution in [2.75, 3.05) is 14.2 Å². The quantitative estimate of drug-likeness (QED) is 0.708. The van der Waals surface area contributed by atoms with Gasteiger partial charge in [0.15, 0.2) is 11.5 Å². The smallest absolute Gasteiger partial charge is 0.340 e. The van der Waals surface area contributed by atoms with Crippen molar-refractivity contribution in [3.8, 4) is 11.5 Å². The number of benzene rings is 1. The zero-order valence-electron chi connectivity index (χ0n) is 15.9. The molecule has 1 atom stereocenters. The highest BCUT2D eigenvalue weighted by atomic mass is 16.5. The van der Waals surface area contributed by atoms with Crippen molar-refractivity contribution in [2.45, 2.75) is 33.2 Å². The number of carbonyl (C=O) groups excluding carboxylic acids is 1. The molecule has 0 radical (unpaired) electrons. The largest absolute Gasteiger partial charge is 0.493 e. The van der Waals surface area contributed by atoms with Gasteiger partial charge in [-0.1, -0.05) is 13.8 Å². The van der Waals surface area contributed by atoms with Crippen molar-refractivity contribution in [3.05, 3.63) is 33.7 Å². The molecular formula is C19H23NO7. The Hall–Kier alpha value is -3.03. The van der Waals surface area contributed by atoms with Crippen molar-refractivity contribution >= 4 is 22.8 Å². The molecule has 0 fully saturated rings. The molecule has 0 saturated heterocycles. The summed E-state index contributed by atoms with van der Waals surface area (Å²) in [6.07, 6.45) is -0.283. The van der Waals surface area contributed by atoms with Crippen LogP contribution < -0.4 is 20.4 Å². The monoisotopic (exact) mass is 377 g/mol. The number of carbonyl (C=O) groups is 2. The van der Waals surface area contributed by atoms with E-state index in [9.17, 15) is 19.5 Å². The molecule has 146 valence electrons. The van der Waals surface area contributed by atoms with Gasteiger partial charge in [0.2, 0.25) is 5.91 Å². The number of fused-ring (bicyclic) bond motifs is 1. The molecule has 0 aliphatic carbocycles. The summed E-state index contributed by atoms with van der Waals surface area (Å²) < 4.78 is 15.8. The molecule has 0 unspecified atom stereocenters. The maximum absolute atomic E-state index is 12.4. The minimum atomic E-state index is -1.13. The Labute approximate surface area is 156 Å². The van der Waals surface area contributed by atoms with E-state index in [1.165, 1.54) is 14.2 Å². The van der Waals surface area contributed by atoms with Crippen LogP contribution in [0.2, 0.25) is 0 Å². The van der Waals surface area contributed by atoms with Gasteiger partial charge < -0.3 is 24.3 Å². The molecule has 27 heavy (non-hydrogen) atoms. The fourth-order valence-corrected chi connectivity index (χ4v) is 2.82. The first kappa shape index (κ1) is 20.3. The number of aryl methyl sites for hydroxylation is 1.